The Bertz CT molecular complexity index is 915. The van der Waals surface area contributed by atoms with Gasteiger partial charge in [-0.3, -0.25) is 9.48 Å². The number of aryl methyl sites for hydroxylation is 1. The minimum Gasteiger partial charge on any atom is -0.478 e. The molecule has 1 amide bonds. The molecule has 0 saturated carbocycles. The summed E-state index contributed by atoms with van der Waals surface area (Å²) in [5.41, 5.74) is 2.52. The Kier molecular flexibility index (Phi) is 4.11. The zero-order chi connectivity index (χ0) is 17.1. The van der Waals surface area contributed by atoms with E-state index in [0.29, 0.717) is 5.56 Å². The van der Waals surface area contributed by atoms with Crippen molar-refractivity contribution >= 4 is 17.6 Å². The minimum atomic E-state index is -1.09. The van der Waals surface area contributed by atoms with E-state index in [1.807, 2.05) is 19.3 Å². The number of nitrogens with zero attached hydrogens (tertiary/aromatic N) is 2. The fourth-order valence-electron chi connectivity index (χ4n) is 2.38. The molecular formula is C18H15N3O3. The van der Waals surface area contributed by atoms with Crippen LogP contribution in [-0.2, 0) is 7.05 Å². The van der Waals surface area contributed by atoms with Crippen molar-refractivity contribution in [2.75, 3.05) is 5.32 Å². The molecule has 1 aromatic heterocycles. The third-order valence-corrected chi connectivity index (χ3v) is 3.57. The van der Waals surface area contributed by atoms with Crippen LogP contribution in [0, 0.1) is 0 Å². The molecule has 0 unspecified atom stereocenters. The van der Waals surface area contributed by atoms with Gasteiger partial charge in [-0.05, 0) is 29.8 Å². The number of aromatic carboxylic acids is 1. The molecule has 1 heterocycles. The van der Waals surface area contributed by atoms with E-state index >= 15 is 0 Å². The Balaban J connectivity index is 1.87. The van der Waals surface area contributed by atoms with Gasteiger partial charge in [0, 0.05) is 24.4 Å². The SMILES string of the molecule is Cn1cc(-c2cccc(C(=O)Nc3ccccc3C(=O)O)c2)cn1. The highest BCUT2D eigenvalue weighted by molar-refractivity contribution is 6.08. The van der Waals surface area contributed by atoms with Gasteiger partial charge in [0.1, 0.15) is 0 Å². The van der Waals surface area contributed by atoms with Crippen molar-refractivity contribution < 1.29 is 14.7 Å². The van der Waals surface area contributed by atoms with Crippen molar-refractivity contribution in [1.82, 2.24) is 9.78 Å². The summed E-state index contributed by atoms with van der Waals surface area (Å²) in [6.07, 6.45) is 3.58. The highest BCUT2D eigenvalue weighted by Crippen LogP contribution is 2.21. The second-order valence-corrected chi connectivity index (χ2v) is 5.29. The van der Waals surface area contributed by atoms with Crippen molar-refractivity contribution in [2.24, 2.45) is 7.05 Å². The number of nitrogens with one attached hydrogen (secondary N) is 1. The Morgan fingerprint density at radius 3 is 2.58 bits per heavy atom. The molecule has 2 aromatic carbocycles. The van der Waals surface area contributed by atoms with Gasteiger partial charge in [-0.25, -0.2) is 4.79 Å². The van der Waals surface area contributed by atoms with Crippen molar-refractivity contribution in [1.29, 1.82) is 0 Å². The molecule has 0 fully saturated rings. The average molecular weight is 321 g/mol. The molecule has 2 N–H and O–H groups in total. The number of anilines is 1. The highest BCUT2D eigenvalue weighted by Gasteiger charge is 2.13. The van der Waals surface area contributed by atoms with Gasteiger partial charge in [0.05, 0.1) is 17.4 Å². The lowest BCUT2D eigenvalue weighted by atomic mass is 10.1. The molecule has 0 radical (unpaired) electrons. The van der Waals surface area contributed by atoms with Gasteiger partial charge in [-0.1, -0.05) is 24.3 Å². The van der Waals surface area contributed by atoms with Crippen LogP contribution >= 0.6 is 0 Å². The summed E-state index contributed by atoms with van der Waals surface area (Å²) in [5.74, 6) is -1.45. The lowest BCUT2D eigenvalue weighted by Crippen LogP contribution is -2.14. The monoisotopic (exact) mass is 321 g/mol. The summed E-state index contributed by atoms with van der Waals surface area (Å²) in [4.78, 5) is 23.7. The van der Waals surface area contributed by atoms with Gasteiger partial charge in [-0.15, -0.1) is 0 Å². The molecule has 6 nitrogen and oxygen atoms in total. The molecule has 120 valence electrons. The standard InChI is InChI=1S/C18H15N3O3/c1-21-11-14(10-19-21)12-5-4-6-13(9-12)17(22)20-16-8-3-2-7-15(16)18(23)24/h2-11H,1H3,(H,20,22)(H,23,24). The molecule has 0 bridgehead atoms. The molecule has 3 rings (SSSR count). The third-order valence-electron chi connectivity index (χ3n) is 3.57. The van der Waals surface area contributed by atoms with Gasteiger partial charge >= 0.3 is 5.97 Å². The number of para-hydroxylation sites is 1. The second kappa shape index (κ2) is 6.37. The zero-order valence-electron chi connectivity index (χ0n) is 12.9. The van der Waals surface area contributed by atoms with Crippen molar-refractivity contribution in [3.05, 3.63) is 72.1 Å². The number of hydrogen-bond donors (Lipinski definition) is 2. The Morgan fingerprint density at radius 2 is 1.88 bits per heavy atom. The van der Waals surface area contributed by atoms with E-state index in [4.69, 9.17) is 0 Å². The molecular weight excluding hydrogens is 306 g/mol. The Hall–Kier alpha value is -3.41. The number of benzene rings is 2. The summed E-state index contributed by atoms with van der Waals surface area (Å²) in [6, 6.07) is 13.4. The maximum Gasteiger partial charge on any atom is 0.337 e. The Labute approximate surface area is 138 Å². The fourth-order valence-corrected chi connectivity index (χ4v) is 2.38. The summed E-state index contributed by atoms with van der Waals surface area (Å²) in [7, 11) is 1.82. The lowest BCUT2D eigenvalue weighted by Gasteiger charge is -2.09. The van der Waals surface area contributed by atoms with Crippen LogP contribution < -0.4 is 5.32 Å². The van der Waals surface area contributed by atoms with Crippen LogP contribution in [0.3, 0.4) is 0 Å². The molecule has 0 saturated heterocycles. The van der Waals surface area contributed by atoms with Gasteiger partial charge in [0.15, 0.2) is 0 Å². The van der Waals surface area contributed by atoms with Gasteiger partial charge in [0.25, 0.3) is 5.91 Å². The van der Waals surface area contributed by atoms with E-state index in [1.165, 1.54) is 6.07 Å². The van der Waals surface area contributed by atoms with Crippen LogP contribution in [0.4, 0.5) is 5.69 Å². The first kappa shape index (κ1) is 15.5. The van der Waals surface area contributed by atoms with Gasteiger partial charge < -0.3 is 10.4 Å². The van der Waals surface area contributed by atoms with E-state index in [-0.39, 0.29) is 17.2 Å². The predicted octanol–water partition coefficient (Wildman–Crippen LogP) is 3.04. The highest BCUT2D eigenvalue weighted by atomic mass is 16.4. The average Bonchev–Trinajstić information content (AvgIpc) is 3.02. The number of aromatic nitrogens is 2. The van der Waals surface area contributed by atoms with Crippen molar-refractivity contribution in [3.63, 3.8) is 0 Å². The van der Waals surface area contributed by atoms with Crippen LogP contribution in [0.25, 0.3) is 11.1 Å². The topological polar surface area (TPSA) is 84.2 Å². The lowest BCUT2D eigenvalue weighted by molar-refractivity contribution is 0.0698. The molecule has 24 heavy (non-hydrogen) atoms. The van der Waals surface area contributed by atoms with E-state index in [1.54, 1.807) is 47.3 Å². The molecule has 0 aliphatic rings. The summed E-state index contributed by atoms with van der Waals surface area (Å²) in [5, 5.41) is 16.0. The number of carbonyl (C=O) groups excluding carboxylic acids is 1. The molecule has 0 aliphatic carbocycles. The number of carbonyl (C=O) groups is 2. The van der Waals surface area contributed by atoms with Crippen LogP contribution in [0.5, 0.6) is 0 Å². The molecule has 6 heteroatoms. The minimum absolute atomic E-state index is 0.0502. The summed E-state index contributed by atoms with van der Waals surface area (Å²) >= 11 is 0. The predicted molar refractivity (Wildman–Crippen MR) is 90.0 cm³/mol. The number of rotatable bonds is 4. The largest absolute Gasteiger partial charge is 0.478 e. The first-order valence-corrected chi connectivity index (χ1v) is 7.27. The first-order valence-electron chi connectivity index (χ1n) is 7.27. The number of carboxylic acids is 1. The molecule has 0 atom stereocenters. The van der Waals surface area contributed by atoms with Crippen LogP contribution in [0.2, 0.25) is 0 Å². The van der Waals surface area contributed by atoms with E-state index in [9.17, 15) is 14.7 Å². The third kappa shape index (κ3) is 3.17. The molecule has 3 aromatic rings. The van der Waals surface area contributed by atoms with Crippen molar-refractivity contribution in [3.8, 4) is 11.1 Å². The van der Waals surface area contributed by atoms with Crippen molar-refractivity contribution in [2.45, 2.75) is 0 Å². The maximum absolute atomic E-state index is 12.5. The molecule has 0 aliphatic heterocycles. The second-order valence-electron chi connectivity index (χ2n) is 5.29. The smallest absolute Gasteiger partial charge is 0.337 e. The van der Waals surface area contributed by atoms with Gasteiger partial charge in [-0.2, -0.15) is 5.10 Å². The number of carboxylic acid groups (broad SMARTS) is 1. The Morgan fingerprint density at radius 1 is 1.08 bits per heavy atom. The number of hydrogen-bond acceptors (Lipinski definition) is 3. The summed E-state index contributed by atoms with van der Waals surface area (Å²) < 4.78 is 1.69. The van der Waals surface area contributed by atoms with Crippen LogP contribution in [-0.4, -0.2) is 26.8 Å². The normalized spacial score (nSPS) is 10.4. The molecule has 0 spiro atoms. The van der Waals surface area contributed by atoms with E-state index < -0.39 is 5.97 Å². The first-order chi connectivity index (χ1) is 11.5. The maximum atomic E-state index is 12.5. The van der Waals surface area contributed by atoms with Crippen LogP contribution in [0.1, 0.15) is 20.7 Å². The summed E-state index contributed by atoms with van der Waals surface area (Å²) in [6.45, 7) is 0. The zero-order valence-corrected chi connectivity index (χ0v) is 12.9. The quantitative estimate of drug-likeness (QED) is 0.773. The fraction of sp³-hybridized carbons (Fsp3) is 0.0556. The van der Waals surface area contributed by atoms with E-state index in [0.717, 1.165) is 11.1 Å². The van der Waals surface area contributed by atoms with Gasteiger partial charge in [0.2, 0.25) is 0 Å². The van der Waals surface area contributed by atoms with Crippen LogP contribution in [0.15, 0.2) is 60.9 Å². The number of amides is 1. The van der Waals surface area contributed by atoms with E-state index in [2.05, 4.69) is 10.4 Å².